The second kappa shape index (κ2) is 8.77. The molecule has 2 amide bonds. The molecule has 0 unspecified atom stereocenters. The number of benzene rings is 1. The second-order valence-electron chi connectivity index (χ2n) is 4.50. The molecule has 0 aliphatic rings. The van der Waals surface area contributed by atoms with Gasteiger partial charge in [0, 0.05) is 26.1 Å². The van der Waals surface area contributed by atoms with E-state index in [2.05, 4.69) is 22.5 Å². The van der Waals surface area contributed by atoms with Crippen molar-refractivity contribution in [2.75, 3.05) is 13.7 Å². The largest absolute Gasteiger partial charge is 0.382 e. The van der Waals surface area contributed by atoms with Crippen LogP contribution in [-0.4, -0.2) is 31.6 Å². The summed E-state index contributed by atoms with van der Waals surface area (Å²) in [4.78, 5) is 23.0. The average molecular weight is 288 g/mol. The maximum absolute atomic E-state index is 12.0. The van der Waals surface area contributed by atoms with Crippen LogP contribution in [0, 0.1) is 11.8 Å². The molecule has 0 spiro atoms. The summed E-state index contributed by atoms with van der Waals surface area (Å²) >= 11 is 0. The molecule has 0 aliphatic carbocycles. The highest BCUT2D eigenvalue weighted by Gasteiger charge is 2.18. The van der Waals surface area contributed by atoms with Crippen molar-refractivity contribution in [2.45, 2.75) is 26.4 Å². The Bertz CT molecular complexity index is 541. The van der Waals surface area contributed by atoms with E-state index in [1.165, 1.54) is 14.0 Å². The van der Waals surface area contributed by atoms with Crippen molar-refractivity contribution in [3.8, 4) is 11.8 Å². The van der Waals surface area contributed by atoms with Crippen LogP contribution >= 0.6 is 0 Å². The van der Waals surface area contributed by atoms with Gasteiger partial charge >= 0.3 is 0 Å². The summed E-state index contributed by atoms with van der Waals surface area (Å²) in [7, 11) is 1.48. The molecule has 1 aromatic rings. The van der Waals surface area contributed by atoms with Crippen molar-refractivity contribution >= 4 is 11.8 Å². The van der Waals surface area contributed by atoms with Crippen LogP contribution in [0.5, 0.6) is 0 Å². The molecule has 0 aromatic heterocycles. The monoisotopic (exact) mass is 288 g/mol. The van der Waals surface area contributed by atoms with Gasteiger partial charge in [-0.25, -0.2) is 0 Å². The number of rotatable bonds is 6. The molecule has 1 atom stereocenters. The van der Waals surface area contributed by atoms with Gasteiger partial charge in [0.15, 0.2) is 0 Å². The maximum atomic E-state index is 12.0. The first kappa shape index (κ1) is 16.7. The Kier molecular flexibility index (Phi) is 6.99. The van der Waals surface area contributed by atoms with Gasteiger partial charge in [-0.2, -0.15) is 0 Å². The second-order valence-corrected chi connectivity index (χ2v) is 4.50. The van der Waals surface area contributed by atoms with Gasteiger partial charge in [0.25, 0.3) is 0 Å². The molecule has 1 rings (SSSR count). The van der Waals surface area contributed by atoms with E-state index in [1.54, 1.807) is 6.92 Å². The highest BCUT2D eigenvalue weighted by atomic mass is 16.5. The molecule has 1 aromatic carbocycles. The van der Waals surface area contributed by atoms with Crippen molar-refractivity contribution < 1.29 is 14.3 Å². The predicted molar refractivity (Wildman–Crippen MR) is 80.3 cm³/mol. The molecule has 0 radical (unpaired) electrons. The Hall–Kier alpha value is -2.32. The zero-order valence-electron chi connectivity index (χ0n) is 12.5. The summed E-state index contributed by atoms with van der Waals surface area (Å²) in [5.41, 5.74) is 1.90. The van der Waals surface area contributed by atoms with Crippen LogP contribution in [0.2, 0.25) is 0 Å². The Morgan fingerprint density at radius 1 is 1.29 bits per heavy atom. The zero-order chi connectivity index (χ0) is 15.7. The van der Waals surface area contributed by atoms with Gasteiger partial charge in [-0.05, 0) is 24.6 Å². The molecule has 0 heterocycles. The van der Waals surface area contributed by atoms with Crippen LogP contribution in [0.15, 0.2) is 24.3 Å². The van der Waals surface area contributed by atoms with Crippen molar-refractivity contribution in [3.05, 3.63) is 35.4 Å². The van der Waals surface area contributed by atoms with Gasteiger partial charge in [-0.3, -0.25) is 9.59 Å². The third-order valence-electron chi connectivity index (χ3n) is 2.72. The summed E-state index contributed by atoms with van der Waals surface area (Å²) in [6, 6.07) is 6.93. The number of carbonyl (C=O) groups excluding carboxylic acids is 2. The molecule has 0 fully saturated rings. The van der Waals surface area contributed by atoms with Crippen molar-refractivity contribution in [1.82, 2.24) is 10.6 Å². The lowest BCUT2D eigenvalue weighted by Gasteiger charge is -2.16. The van der Waals surface area contributed by atoms with E-state index in [4.69, 9.17) is 4.74 Å². The maximum Gasteiger partial charge on any atom is 0.245 e. The SMILES string of the molecule is CC#Cc1ccc(CNC(=O)[C@@H](COC)NC(C)=O)cc1. The van der Waals surface area contributed by atoms with E-state index in [0.29, 0.717) is 6.54 Å². The summed E-state index contributed by atoms with van der Waals surface area (Å²) in [5.74, 6) is 5.24. The van der Waals surface area contributed by atoms with Crippen LogP contribution < -0.4 is 10.6 Å². The number of hydrogen-bond acceptors (Lipinski definition) is 3. The van der Waals surface area contributed by atoms with E-state index in [1.807, 2.05) is 24.3 Å². The molecular weight excluding hydrogens is 268 g/mol. The standard InChI is InChI=1S/C16H20N2O3/c1-4-5-13-6-8-14(9-7-13)10-17-16(20)15(11-21-3)18-12(2)19/h6-9,15H,10-11H2,1-3H3,(H,17,20)(H,18,19)/t15-/m1/s1. The van der Waals surface area contributed by atoms with Crippen molar-refractivity contribution in [3.63, 3.8) is 0 Å². The topological polar surface area (TPSA) is 67.4 Å². The van der Waals surface area contributed by atoms with E-state index in [-0.39, 0.29) is 18.4 Å². The molecule has 0 saturated heterocycles. The zero-order valence-corrected chi connectivity index (χ0v) is 12.5. The molecule has 21 heavy (non-hydrogen) atoms. The normalized spacial score (nSPS) is 11.0. The first-order valence-corrected chi connectivity index (χ1v) is 6.62. The van der Waals surface area contributed by atoms with Crippen LogP contribution in [0.4, 0.5) is 0 Å². The molecule has 0 aliphatic heterocycles. The lowest BCUT2D eigenvalue weighted by atomic mass is 10.1. The van der Waals surface area contributed by atoms with Crippen LogP contribution in [0.1, 0.15) is 25.0 Å². The van der Waals surface area contributed by atoms with Crippen molar-refractivity contribution in [2.24, 2.45) is 0 Å². The number of ether oxygens (including phenoxy) is 1. The van der Waals surface area contributed by atoms with Crippen LogP contribution in [0.3, 0.4) is 0 Å². The van der Waals surface area contributed by atoms with E-state index >= 15 is 0 Å². The van der Waals surface area contributed by atoms with Gasteiger partial charge < -0.3 is 15.4 Å². The van der Waals surface area contributed by atoms with Gasteiger partial charge in [0.2, 0.25) is 11.8 Å². The summed E-state index contributed by atoms with van der Waals surface area (Å²) in [6.45, 7) is 3.67. The van der Waals surface area contributed by atoms with Gasteiger partial charge in [-0.1, -0.05) is 18.1 Å². The molecule has 112 valence electrons. The average Bonchev–Trinajstić information content (AvgIpc) is 2.45. The van der Waals surface area contributed by atoms with Gasteiger partial charge in [-0.15, -0.1) is 5.92 Å². The molecule has 0 bridgehead atoms. The van der Waals surface area contributed by atoms with E-state index < -0.39 is 6.04 Å². The highest BCUT2D eigenvalue weighted by Crippen LogP contribution is 2.03. The molecular formula is C16H20N2O3. The number of amides is 2. The Labute approximate surface area is 125 Å². The van der Waals surface area contributed by atoms with Crippen LogP contribution in [0.25, 0.3) is 0 Å². The highest BCUT2D eigenvalue weighted by molar-refractivity contribution is 5.86. The summed E-state index contributed by atoms with van der Waals surface area (Å²) in [6.07, 6.45) is 0. The number of nitrogens with one attached hydrogen (secondary N) is 2. The van der Waals surface area contributed by atoms with Crippen molar-refractivity contribution in [1.29, 1.82) is 0 Å². The Morgan fingerprint density at radius 3 is 2.48 bits per heavy atom. The van der Waals surface area contributed by atoms with Gasteiger partial charge in [0.1, 0.15) is 6.04 Å². The number of methoxy groups -OCH3 is 1. The quantitative estimate of drug-likeness (QED) is 0.762. The molecule has 5 heteroatoms. The molecule has 0 saturated carbocycles. The Balaban J connectivity index is 2.56. The van der Waals surface area contributed by atoms with Crippen LogP contribution in [-0.2, 0) is 20.9 Å². The minimum Gasteiger partial charge on any atom is -0.382 e. The number of carbonyl (C=O) groups is 2. The fraction of sp³-hybridized carbons (Fsp3) is 0.375. The third-order valence-corrected chi connectivity index (χ3v) is 2.72. The van der Waals surface area contributed by atoms with E-state index in [0.717, 1.165) is 11.1 Å². The third kappa shape index (κ3) is 6.11. The fourth-order valence-corrected chi connectivity index (χ4v) is 1.76. The number of hydrogen-bond donors (Lipinski definition) is 2. The lowest BCUT2D eigenvalue weighted by Crippen LogP contribution is -2.48. The molecule has 5 nitrogen and oxygen atoms in total. The predicted octanol–water partition coefficient (Wildman–Crippen LogP) is 0.825. The Morgan fingerprint density at radius 2 is 1.95 bits per heavy atom. The van der Waals surface area contributed by atoms with E-state index in [9.17, 15) is 9.59 Å². The van der Waals surface area contributed by atoms with Gasteiger partial charge in [0.05, 0.1) is 6.61 Å². The first-order chi connectivity index (χ1) is 10.1. The summed E-state index contributed by atoms with van der Waals surface area (Å²) in [5, 5.41) is 5.32. The summed E-state index contributed by atoms with van der Waals surface area (Å²) < 4.78 is 4.93. The minimum absolute atomic E-state index is 0.135. The first-order valence-electron chi connectivity index (χ1n) is 6.62. The molecule has 2 N–H and O–H groups in total. The fourth-order valence-electron chi connectivity index (χ4n) is 1.76. The lowest BCUT2D eigenvalue weighted by molar-refractivity contribution is -0.129. The smallest absolute Gasteiger partial charge is 0.245 e. The minimum atomic E-state index is -0.683.